The van der Waals surface area contributed by atoms with Gasteiger partial charge in [-0.25, -0.2) is 9.98 Å². The van der Waals surface area contributed by atoms with Crippen molar-refractivity contribution >= 4 is 17.3 Å². The van der Waals surface area contributed by atoms with Crippen molar-refractivity contribution in [1.82, 2.24) is 20.8 Å². The number of aliphatic imine (C=N–C) groups is 1. The topological polar surface area (TPSA) is 75.3 Å². The van der Waals surface area contributed by atoms with Crippen molar-refractivity contribution in [2.24, 2.45) is 4.99 Å². The Morgan fingerprint density at radius 2 is 2.17 bits per heavy atom. The molecule has 0 saturated heterocycles. The third-order valence-electron chi connectivity index (χ3n) is 3.24. The van der Waals surface area contributed by atoms with Crippen molar-refractivity contribution in [2.45, 2.75) is 53.1 Å². The number of aromatic nitrogens is 2. The molecule has 6 nitrogen and oxygen atoms in total. The van der Waals surface area contributed by atoms with E-state index in [1.54, 1.807) is 11.3 Å². The average molecular weight is 335 g/mol. The van der Waals surface area contributed by atoms with Gasteiger partial charge in [0.25, 0.3) is 0 Å². The summed E-state index contributed by atoms with van der Waals surface area (Å²) in [5.74, 6) is 1.93. The van der Waals surface area contributed by atoms with Crippen LogP contribution in [0.25, 0.3) is 0 Å². The maximum absolute atomic E-state index is 5.33. The third kappa shape index (κ3) is 5.35. The molecule has 0 aliphatic heterocycles. The van der Waals surface area contributed by atoms with E-state index in [1.807, 2.05) is 13.0 Å². The highest BCUT2D eigenvalue weighted by atomic mass is 32.1. The quantitative estimate of drug-likeness (QED) is 0.601. The molecule has 7 heteroatoms. The second kappa shape index (κ2) is 8.67. The van der Waals surface area contributed by atoms with Crippen LogP contribution in [0.3, 0.4) is 0 Å². The van der Waals surface area contributed by atoms with Crippen molar-refractivity contribution in [3.05, 3.63) is 33.6 Å². The van der Waals surface area contributed by atoms with E-state index in [2.05, 4.69) is 51.9 Å². The Balaban J connectivity index is 1.92. The SMILES string of the molecule is CCNC(=NCc1csc(CC)n1)NCc1cc(C(C)C)no1. The first kappa shape index (κ1) is 17.5. The van der Waals surface area contributed by atoms with Crippen molar-refractivity contribution in [3.63, 3.8) is 0 Å². The van der Waals surface area contributed by atoms with Crippen LogP contribution in [0.4, 0.5) is 0 Å². The number of hydrogen-bond donors (Lipinski definition) is 2. The van der Waals surface area contributed by atoms with Crippen LogP contribution < -0.4 is 10.6 Å². The predicted octanol–water partition coefficient (Wildman–Crippen LogP) is 3.07. The largest absolute Gasteiger partial charge is 0.359 e. The molecule has 2 N–H and O–H groups in total. The average Bonchev–Trinajstić information content (AvgIpc) is 3.19. The number of nitrogens with zero attached hydrogens (tertiary/aromatic N) is 3. The number of aryl methyl sites for hydroxylation is 1. The molecular weight excluding hydrogens is 310 g/mol. The molecule has 0 spiro atoms. The van der Waals surface area contributed by atoms with Crippen molar-refractivity contribution in [1.29, 1.82) is 0 Å². The first-order chi connectivity index (χ1) is 11.1. The lowest BCUT2D eigenvalue weighted by molar-refractivity contribution is 0.372. The van der Waals surface area contributed by atoms with E-state index >= 15 is 0 Å². The van der Waals surface area contributed by atoms with Crippen LogP contribution in [-0.2, 0) is 19.5 Å². The van der Waals surface area contributed by atoms with Crippen LogP contribution in [0.5, 0.6) is 0 Å². The van der Waals surface area contributed by atoms with Gasteiger partial charge < -0.3 is 15.2 Å². The first-order valence-corrected chi connectivity index (χ1v) is 8.91. The van der Waals surface area contributed by atoms with Gasteiger partial charge in [-0.2, -0.15) is 0 Å². The predicted molar refractivity (Wildman–Crippen MR) is 93.7 cm³/mol. The van der Waals surface area contributed by atoms with Gasteiger partial charge in [0.15, 0.2) is 11.7 Å². The molecule has 0 bridgehead atoms. The smallest absolute Gasteiger partial charge is 0.192 e. The highest BCUT2D eigenvalue weighted by Gasteiger charge is 2.08. The molecule has 0 radical (unpaired) electrons. The molecule has 0 aliphatic carbocycles. The van der Waals surface area contributed by atoms with E-state index in [9.17, 15) is 0 Å². The Morgan fingerprint density at radius 3 is 2.78 bits per heavy atom. The second-order valence-corrected chi connectivity index (χ2v) is 6.45. The van der Waals surface area contributed by atoms with E-state index in [4.69, 9.17) is 4.52 Å². The molecule has 0 saturated carbocycles. The maximum Gasteiger partial charge on any atom is 0.192 e. The molecule has 2 heterocycles. The van der Waals surface area contributed by atoms with Crippen molar-refractivity contribution < 1.29 is 4.52 Å². The Bertz CT molecular complexity index is 632. The van der Waals surface area contributed by atoms with Crippen LogP contribution in [0.1, 0.15) is 55.8 Å². The zero-order valence-electron chi connectivity index (χ0n) is 14.2. The molecule has 2 rings (SSSR count). The van der Waals surface area contributed by atoms with E-state index < -0.39 is 0 Å². The Labute approximate surface area is 141 Å². The fourth-order valence-corrected chi connectivity index (χ4v) is 2.68. The Hall–Kier alpha value is -1.89. The first-order valence-electron chi connectivity index (χ1n) is 8.03. The van der Waals surface area contributed by atoms with Crippen molar-refractivity contribution in [2.75, 3.05) is 6.54 Å². The van der Waals surface area contributed by atoms with Gasteiger partial charge in [0.05, 0.1) is 29.5 Å². The van der Waals surface area contributed by atoms with E-state index in [0.29, 0.717) is 19.0 Å². The fraction of sp³-hybridized carbons (Fsp3) is 0.562. The zero-order chi connectivity index (χ0) is 16.7. The molecule has 23 heavy (non-hydrogen) atoms. The summed E-state index contributed by atoms with van der Waals surface area (Å²) in [5.41, 5.74) is 1.98. The fourth-order valence-electron chi connectivity index (χ4n) is 1.94. The lowest BCUT2D eigenvalue weighted by atomic mass is 10.1. The minimum absolute atomic E-state index is 0.367. The summed E-state index contributed by atoms with van der Waals surface area (Å²) in [4.78, 5) is 9.09. The standard InChI is InChI=1S/C16H25N5OS/c1-5-15-20-12(10-23-15)8-18-16(17-6-2)19-9-13-7-14(11(3)4)21-22-13/h7,10-11H,5-6,8-9H2,1-4H3,(H2,17,18,19). The van der Waals surface area contributed by atoms with Crippen LogP contribution in [0.2, 0.25) is 0 Å². The van der Waals surface area contributed by atoms with Crippen LogP contribution in [-0.4, -0.2) is 22.6 Å². The van der Waals surface area contributed by atoms with Crippen LogP contribution in [0, 0.1) is 0 Å². The monoisotopic (exact) mass is 335 g/mol. The summed E-state index contributed by atoms with van der Waals surface area (Å²) in [5, 5.41) is 13.8. The summed E-state index contributed by atoms with van der Waals surface area (Å²) in [6.45, 7) is 10.3. The number of hydrogen-bond acceptors (Lipinski definition) is 5. The number of rotatable bonds is 7. The second-order valence-electron chi connectivity index (χ2n) is 5.51. The van der Waals surface area contributed by atoms with Gasteiger partial charge in [0.1, 0.15) is 0 Å². The van der Waals surface area contributed by atoms with Crippen molar-refractivity contribution in [3.8, 4) is 0 Å². The van der Waals surface area contributed by atoms with Gasteiger partial charge in [-0.3, -0.25) is 0 Å². The van der Waals surface area contributed by atoms with E-state index in [1.165, 1.54) is 0 Å². The van der Waals surface area contributed by atoms with Crippen LogP contribution in [0.15, 0.2) is 21.0 Å². The Kier molecular flexibility index (Phi) is 6.58. The summed E-state index contributed by atoms with van der Waals surface area (Å²) in [7, 11) is 0. The molecule has 0 aliphatic rings. The maximum atomic E-state index is 5.33. The summed E-state index contributed by atoms with van der Waals surface area (Å²) < 4.78 is 5.33. The molecule has 0 unspecified atom stereocenters. The van der Waals surface area contributed by atoms with Gasteiger partial charge in [-0.05, 0) is 19.3 Å². The third-order valence-corrected chi connectivity index (χ3v) is 4.29. The van der Waals surface area contributed by atoms with Gasteiger partial charge in [0, 0.05) is 18.0 Å². The van der Waals surface area contributed by atoms with E-state index in [-0.39, 0.29) is 0 Å². The normalized spacial score (nSPS) is 12.0. The minimum Gasteiger partial charge on any atom is -0.359 e. The molecule has 0 amide bonds. The highest BCUT2D eigenvalue weighted by Crippen LogP contribution is 2.14. The molecule has 0 aromatic carbocycles. The minimum atomic E-state index is 0.367. The molecule has 2 aromatic rings. The molecule has 0 fully saturated rings. The zero-order valence-corrected chi connectivity index (χ0v) is 15.0. The summed E-state index contributed by atoms with van der Waals surface area (Å²) >= 11 is 1.69. The number of thiazole rings is 1. The molecule has 0 atom stereocenters. The number of guanidine groups is 1. The van der Waals surface area contributed by atoms with Gasteiger partial charge >= 0.3 is 0 Å². The molecule has 126 valence electrons. The number of nitrogens with one attached hydrogen (secondary N) is 2. The van der Waals surface area contributed by atoms with Crippen LogP contribution >= 0.6 is 11.3 Å². The van der Waals surface area contributed by atoms with Gasteiger partial charge in [-0.1, -0.05) is 25.9 Å². The summed E-state index contributed by atoms with van der Waals surface area (Å²) in [6.07, 6.45) is 0.969. The Morgan fingerprint density at radius 1 is 1.35 bits per heavy atom. The van der Waals surface area contributed by atoms with Gasteiger partial charge in [-0.15, -0.1) is 11.3 Å². The summed E-state index contributed by atoms with van der Waals surface area (Å²) in [6, 6.07) is 1.98. The molecule has 2 aromatic heterocycles. The lowest BCUT2D eigenvalue weighted by Crippen LogP contribution is -2.36. The van der Waals surface area contributed by atoms with Gasteiger partial charge in [0.2, 0.25) is 0 Å². The van der Waals surface area contributed by atoms with E-state index in [0.717, 1.165) is 41.1 Å². The lowest BCUT2D eigenvalue weighted by Gasteiger charge is -2.09. The molecular formula is C16H25N5OS. The highest BCUT2D eigenvalue weighted by molar-refractivity contribution is 7.09.